The highest BCUT2D eigenvalue weighted by Gasteiger charge is 2.29. The maximum Gasteiger partial charge on any atom is 0.134 e. The molecule has 0 bridgehead atoms. The van der Waals surface area contributed by atoms with Gasteiger partial charge in [0.1, 0.15) is 17.7 Å². The number of benzene rings is 1. The first-order valence-electron chi connectivity index (χ1n) is 6.14. The number of hydrogen-bond donors (Lipinski definition) is 1. The minimum absolute atomic E-state index is 0.0423. The molecule has 2 atom stereocenters. The Bertz CT molecular complexity index is 405. The first-order chi connectivity index (χ1) is 8.40. The van der Waals surface area contributed by atoms with Gasteiger partial charge in [-0.05, 0) is 31.4 Å². The van der Waals surface area contributed by atoms with Crippen LogP contribution in [0.5, 0.6) is 0 Å². The Balaban J connectivity index is 3.15. The molecular weight excluding hydrogens is 238 g/mol. The predicted molar refractivity (Wildman–Crippen MR) is 66.3 cm³/mol. The molecule has 0 fully saturated rings. The summed E-state index contributed by atoms with van der Waals surface area (Å²) >= 11 is 0. The van der Waals surface area contributed by atoms with Gasteiger partial charge in [-0.2, -0.15) is 0 Å². The third-order valence-electron chi connectivity index (χ3n) is 2.94. The van der Waals surface area contributed by atoms with E-state index in [9.17, 15) is 13.9 Å². The predicted octanol–water partition coefficient (Wildman–Crippen LogP) is 3.37. The van der Waals surface area contributed by atoms with E-state index in [4.69, 9.17) is 4.74 Å². The van der Waals surface area contributed by atoms with Crippen LogP contribution in [-0.2, 0) is 4.74 Å². The van der Waals surface area contributed by atoms with Crippen molar-refractivity contribution in [1.29, 1.82) is 0 Å². The summed E-state index contributed by atoms with van der Waals surface area (Å²) < 4.78 is 33.0. The Hall–Kier alpha value is -1.00. The molecule has 102 valence electrons. The van der Waals surface area contributed by atoms with Crippen LogP contribution < -0.4 is 0 Å². The molecule has 0 saturated heterocycles. The third kappa shape index (κ3) is 3.06. The number of aryl methyl sites for hydroxylation is 1. The second-order valence-corrected chi connectivity index (χ2v) is 4.70. The van der Waals surface area contributed by atoms with Gasteiger partial charge in [0.15, 0.2) is 0 Å². The van der Waals surface area contributed by atoms with Gasteiger partial charge in [-0.25, -0.2) is 8.78 Å². The summed E-state index contributed by atoms with van der Waals surface area (Å²) in [5, 5.41) is 10.2. The summed E-state index contributed by atoms with van der Waals surface area (Å²) in [4.78, 5) is 0. The highest BCUT2D eigenvalue weighted by molar-refractivity contribution is 5.29. The first-order valence-corrected chi connectivity index (χ1v) is 6.14. The average Bonchev–Trinajstić information content (AvgIpc) is 2.30. The number of aliphatic hydroxyl groups excluding tert-OH is 1. The fraction of sp³-hybridized carbons (Fsp3) is 0.571. The molecule has 1 aromatic carbocycles. The topological polar surface area (TPSA) is 29.5 Å². The molecule has 0 aliphatic heterocycles. The number of rotatable bonds is 5. The molecule has 0 aromatic heterocycles. The van der Waals surface area contributed by atoms with Gasteiger partial charge in [-0.1, -0.05) is 19.9 Å². The van der Waals surface area contributed by atoms with Crippen molar-refractivity contribution >= 4 is 0 Å². The van der Waals surface area contributed by atoms with Crippen molar-refractivity contribution in [3.05, 3.63) is 34.9 Å². The Morgan fingerprint density at radius 2 is 1.89 bits per heavy atom. The zero-order valence-electron chi connectivity index (χ0n) is 11.2. The summed E-state index contributed by atoms with van der Waals surface area (Å²) in [7, 11) is 0. The van der Waals surface area contributed by atoms with Crippen molar-refractivity contribution in [2.75, 3.05) is 6.61 Å². The maximum atomic E-state index is 13.9. The lowest BCUT2D eigenvalue weighted by Crippen LogP contribution is -2.29. The lowest BCUT2D eigenvalue weighted by Gasteiger charge is -2.27. The molecule has 2 nitrogen and oxygen atoms in total. The van der Waals surface area contributed by atoms with E-state index in [0.29, 0.717) is 12.2 Å². The van der Waals surface area contributed by atoms with Gasteiger partial charge in [-0.3, -0.25) is 0 Å². The second kappa shape index (κ2) is 6.25. The zero-order chi connectivity index (χ0) is 13.9. The van der Waals surface area contributed by atoms with E-state index in [1.807, 2.05) is 13.8 Å². The smallest absolute Gasteiger partial charge is 0.134 e. The van der Waals surface area contributed by atoms with Crippen molar-refractivity contribution in [3.63, 3.8) is 0 Å². The van der Waals surface area contributed by atoms with Crippen LogP contribution >= 0.6 is 0 Å². The van der Waals surface area contributed by atoms with Crippen molar-refractivity contribution in [2.45, 2.75) is 39.9 Å². The molecule has 0 heterocycles. The quantitative estimate of drug-likeness (QED) is 0.877. The molecule has 0 spiro atoms. The van der Waals surface area contributed by atoms with Crippen molar-refractivity contribution in [3.8, 4) is 0 Å². The molecule has 0 radical (unpaired) electrons. The van der Waals surface area contributed by atoms with Crippen LogP contribution in [0.3, 0.4) is 0 Å². The molecule has 0 aliphatic carbocycles. The van der Waals surface area contributed by atoms with Gasteiger partial charge in [0.2, 0.25) is 0 Å². The number of hydrogen-bond acceptors (Lipinski definition) is 2. The van der Waals surface area contributed by atoms with Crippen LogP contribution in [-0.4, -0.2) is 17.8 Å². The Kier molecular flexibility index (Phi) is 5.23. The fourth-order valence-corrected chi connectivity index (χ4v) is 1.95. The lowest BCUT2D eigenvalue weighted by atomic mass is 9.94. The highest BCUT2D eigenvalue weighted by atomic mass is 19.1. The molecule has 0 saturated carbocycles. The minimum atomic E-state index is -1.30. The van der Waals surface area contributed by atoms with Crippen LogP contribution in [0, 0.1) is 24.5 Å². The standard InChI is InChI=1S/C14H20F2O2/c1-5-18-14(8(2)3)13(17)11-10(15)7-6-9(4)12(11)16/h6-8,13-14,17H,5H2,1-4H3. The lowest BCUT2D eigenvalue weighted by molar-refractivity contribution is -0.0610. The molecule has 1 rings (SSSR count). The SMILES string of the molecule is CCOC(C(C)C)C(O)c1c(F)ccc(C)c1F. The maximum absolute atomic E-state index is 13.9. The molecule has 1 N–H and O–H groups in total. The summed E-state index contributed by atoms with van der Waals surface area (Å²) in [5.41, 5.74) is 0.00612. The molecule has 18 heavy (non-hydrogen) atoms. The van der Waals surface area contributed by atoms with E-state index >= 15 is 0 Å². The Morgan fingerprint density at radius 3 is 2.39 bits per heavy atom. The Labute approximate surface area is 107 Å². The third-order valence-corrected chi connectivity index (χ3v) is 2.94. The molecule has 1 aromatic rings. The van der Waals surface area contributed by atoms with Gasteiger partial charge in [0, 0.05) is 6.61 Å². The van der Waals surface area contributed by atoms with Crippen molar-refractivity contribution in [2.24, 2.45) is 5.92 Å². The normalized spacial score (nSPS) is 14.9. The van der Waals surface area contributed by atoms with Crippen LogP contribution in [0.15, 0.2) is 12.1 Å². The first kappa shape index (κ1) is 15.1. The summed E-state index contributed by atoms with van der Waals surface area (Å²) in [6, 6.07) is 2.52. The van der Waals surface area contributed by atoms with Crippen LogP contribution in [0.25, 0.3) is 0 Å². The van der Waals surface area contributed by atoms with Crippen LogP contribution in [0.4, 0.5) is 8.78 Å². The van der Waals surface area contributed by atoms with Crippen LogP contribution in [0.2, 0.25) is 0 Å². The number of ether oxygens (including phenoxy) is 1. The van der Waals surface area contributed by atoms with Gasteiger partial charge in [0.05, 0.1) is 11.7 Å². The zero-order valence-corrected chi connectivity index (χ0v) is 11.2. The largest absolute Gasteiger partial charge is 0.385 e. The Morgan fingerprint density at radius 1 is 1.28 bits per heavy atom. The van der Waals surface area contributed by atoms with E-state index in [2.05, 4.69) is 0 Å². The van der Waals surface area contributed by atoms with E-state index in [0.717, 1.165) is 0 Å². The van der Waals surface area contributed by atoms with Crippen molar-refractivity contribution < 1.29 is 18.6 Å². The number of aliphatic hydroxyl groups is 1. The average molecular weight is 258 g/mol. The van der Waals surface area contributed by atoms with Crippen LogP contribution in [0.1, 0.15) is 38.0 Å². The monoisotopic (exact) mass is 258 g/mol. The van der Waals surface area contributed by atoms with E-state index in [1.54, 1.807) is 6.92 Å². The van der Waals surface area contributed by atoms with Gasteiger partial charge >= 0.3 is 0 Å². The van der Waals surface area contributed by atoms with Gasteiger partial charge in [0.25, 0.3) is 0 Å². The summed E-state index contributed by atoms with van der Waals surface area (Å²) in [6.45, 7) is 7.39. The summed E-state index contributed by atoms with van der Waals surface area (Å²) in [5.74, 6) is -1.48. The van der Waals surface area contributed by atoms with E-state index < -0.39 is 23.8 Å². The molecular formula is C14H20F2O2. The molecule has 2 unspecified atom stereocenters. The molecule has 0 amide bonds. The second-order valence-electron chi connectivity index (χ2n) is 4.70. The molecule has 4 heteroatoms. The van der Waals surface area contributed by atoms with E-state index in [1.165, 1.54) is 19.1 Å². The fourth-order valence-electron chi connectivity index (χ4n) is 1.95. The van der Waals surface area contributed by atoms with Crippen molar-refractivity contribution in [1.82, 2.24) is 0 Å². The summed E-state index contributed by atoms with van der Waals surface area (Å²) in [6.07, 6.45) is -1.93. The van der Waals surface area contributed by atoms with Gasteiger partial charge < -0.3 is 9.84 Å². The minimum Gasteiger partial charge on any atom is -0.385 e. The van der Waals surface area contributed by atoms with Gasteiger partial charge in [-0.15, -0.1) is 0 Å². The highest BCUT2D eigenvalue weighted by Crippen LogP contribution is 2.30. The number of halogens is 2. The van der Waals surface area contributed by atoms with E-state index in [-0.39, 0.29) is 11.5 Å². The molecule has 0 aliphatic rings.